The number of hydrogen-bond donors (Lipinski definition) is 1. The molecule has 0 radical (unpaired) electrons. The van der Waals surface area contributed by atoms with E-state index in [2.05, 4.69) is 9.95 Å². The van der Waals surface area contributed by atoms with Crippen LogP contribution in [0.1, 0.15) is 5.69 Å². The number of aryl methyl sites for hydroxylation is 1. The summed E-state index contributed by atoms with van der Waals surface area (Å²) in [6, 6.07) is 4.60. The number of benzene rings is 1. The van der Waals surface area contributed by atoms with Gasteiger partial charge >= 0.3 is 86.6 Å². The molecule has 1 heterocycles. The van der Waals surface area contributed by atoms with E-state index in [4.69, 9.17) is 5.26 Å². The summed E-state index contributed by atoms with van der Waals surface area (Å²) in [5.74, 6) is -0.258. The van der Waals surface area contributed by atoms with Gasteiger partial charge in [0.15, 0.2) is 0 Å². The van der Waals surface area contributed by atoms with Gasteiger partial charge in [-0.05, 0) is 0 Å². The molecule has 1 aromatic carbocycles. The molecule has 2 rings (SSSR count). The van der Waals surface area contributed by atoms with Crippen molar-refractivity contribution in [3.63, 3.8) is 0 Å². The number of aromatic nitrogens is 1. The van der Waals surface area contributed by atoms with Crippen LogP contribution in [0, 0.1) is 23.0 Å². The molecule has 1 N–H and O–H groups in total. The van der Waals surface area contributed by atoms with Crippen LogP contribution in [0.3, 0.4) is 0 Å². The zero-order chi connectivity index (χ0) is 10.1. The van der Waals surface area contributed by atoms with Crippen molar-refractivity contribution in [3.8, 4) is 4.97 Å². The third-order valence-corrected chi connectivity index (χ3v) is 3.76. The minimum atomic E-state index is -0.258. The Labute approximate surface area is 86.9 Å². The molecule has 0 bridgehead atoms. The summed E-state index contributed by atoms with van der Waals surface area (Å²) in [5.41, 5.74) is 1.86. The molecule has 0 amide bonds. The number of rotatable bonds is 1. The number of hydrogen-bond acceptors (Lipinski definition) is 1. The van der Waals surface area contributed by atoms with Gasteiger partial charge in [-0.3, -0.25) is 0 Å². The van der Waals surface area contributed by atoms with Crippen LogP contribution in [-0.2, 0) is 0 Å². The first-order valence-electron chi connectivity index (χ1n) is 4.06. The van der Waals surface area contributed by atoms with Crippen molar-refractivity contribution in [3.05, 3.63) is 29.7 Å². The molecule has 0 atom stereocenters. The number of nitrogens with zero attached hydrogens (tertiary/aromatic N) is 1. The molecule has 4 heteroatoms. The molecule has 2 aromatic rings. The van der Waals surface area contributed by atoms with Crippen molar-refractivity contribution in [2.75, 3.05) is 0 Å². The van der Waals surface area contributed by atoms with E-state index < -0.39 is 0 Å². The maximum absolute atomic E-state index is 13.0. The third-order valence-electron chi connectivity index (χ3n) is 2.04. The molecule has 0 aliphatic heterocycles. The first-order valence-corrected chi connectivity index (χ1v) is 5.77. The van der Waals surface area contributed by atoms with Crippen LogP contribution in [0.15, 0.2) is 18.2 Å². The number of aromatic amines is 1. The van der Waals surface area contributed by atoms with E-state index in [-0.39, 0.29) is 20.8 Å². The molecule has 14 heavy (non-hydrogen) atoms. The third kappa shape index (κ3) is 1.41. The van der Waals surface area contributed by atoms with Crippen molar-refractivity contribution in [1.29, 1.82) is 5.26 Å². The Balaban J connectivity index is 2.74. The molecule has 2 nitrogen and oxygen atoms in total. The van der Waals surface area contributed by atoms with Crippen LogP contribution >= 0.6 is 0 Å². The average molecular weight is 253 g/mol. The predicted octanol–water partition coefficient (Wildman–Crippen LogP) is 1.43. The van der Waals surface area contributed by atoms with Gasteiger partial charge in [-0.2, -0.15) is 0 Å². The van der Waals surface area contributed by atoms with E-state index in [0.29, 0.717) is 0 Å². The molecule has 0 spiro atoms. The van der Waals surface area contributed by atoms with Crippen molar-refractivity contribution in [1.82, 2.24) is 4.98 Å². The van der Waals surface area contributed by atoms with E-state index in [1.54, 1.807) is 6.07 Å². The Kier molecular flexibility index (Phi) is 2.28. The normalized spacial score (nSPS) is 10.4. The number of H-pyrrole nitrogens is 1. The Morgan fingerprint density at radius 1 is 1.50 bits per heavy atom. The van der Waals surface area contributed by atoms with E-state index in [9.17, 15) is 4.39 Å². The number of nitriles is 1. The van der Waals surface area contributed by atoms with Crippen molar-refractivity contribution in [2.24, 2.45) is 0 Å². The van der Waals surface area contributed by atoms with E-state index in [0.717, 1.165) is 21.1 Å². The van der Waals surface area contributed by atoms with Gasteiger partial charge in [0.25, 0.3) is 0 Å². The van der Waals surface area contributed by atoms with Crippen LogP contribution < -0.4 is 4.46 Å². The quantitative estimate of drug-likeness (QED) is 0.767. The molecule has 1 aromatic heterocycles. The number of fused-ring (bicyclic) bond motifs is 1. The summed E-state index contributed by atoms with van der Waals surface area (Å²) >= 11 is -0.240. The summed E-state index contributed by atoms with van der Waals surface area (Å²) in [6.45, 7) is 1.91. The standard InChI is InChI=1S/C10H7FN2Se/c1-6-10(14-5-12)8-4-7(11)2-3-9(8)13-6/h2-4,13H,1H3. The second-order valence-corrected chi connectivity index (χ2v) is 4.63. The molecule has 0 saturated carbocycles. The van der Waals surface area contributed by atoms with Crippen LogP contribution in [0.25, 0.3) is 10.9 Å². The molecule has 70 valence electrons. The van der Waals surface area contributed by atoms with Crippen LogP contribution in [0.4, 0.5) is 4.39 Å². The summed E-state index contributed by atoms with van der Waals surface area (Å²) < 4.78 is 13.9. The molecule has 0 aliphatic carbocycles. The van der Waals surface area contributed by atoms with Crippen LogP contribution in [-0.4, -0.2) is 19.9 Å². The predicted molar refractivity (Wildman–Crippen MR) is 54.0 cm³/mol. The number of nitrogens with one attached hydrogen (secondary N) is 1. The average Bonchev–Trinajstić information content (AvgIpc) is 2.45. The second-order valence-electron chi connectivity index (χ2n) is 2.96. The van der Waals surface area contributed by atoms with E-state index in [1.165, 1.54) is 12.1 Å². The Hall–Kier alpha value is -1.30. The van der Waals surface area contributed by atoms with Crippen molar-refractivity contribution < 1.29 is 4.39 Å². The van der Waals surface area contributed by atoms with Gasteiger partial charge in [0.1, 0.15) is 0 Å². The van der Waals surface area contributed by atoms with Gasteiger partial charge < -0.3 is 0 Å². The maximum atomic E-state index is 13.0. The monoisotopic (exact) mass is 254 g/mol. The second kappa shape index (κ2) is 3.45. The molecule has 0 fully saturated rings. The summed E-state index contributed by atoms with van der Waals surface area (Å²) in [5, 5.41) is 9.50. The topological polar surface area (TPSA) is 39.6 Å². The Morgan fingerprint density at radius 3 is 3.00 bits per heavy atom. The molecule has 0 aliphatic rings. The summed E-state index contributed by atoms with van der Waals surface area (Å²) in [7, 11) is 0. The fraction of sp³-hybridized carbons (Fsp3) is 0.100. The van der Waals surface area contributed by atoms with Crippen molar-refractivity contribution in [2.45, 2.75) is 6.92 Å². The van der Waals surface area contributed by atoms with Gasteiger partial charge in [-0.25, -0.2) is 0 Å². The molecular weight excluding hydrogens is 246 g/mol. The fourth-order valence-electron chi connectivity index (χ4n) is 1.45. The van der Waals surface area contributed by atoms with Crippen LogP contribution in [0.5, 0.6) is 0 Å². The van der Waals surface area contributed by atoms with E-state index >= 15 is 0 Å². The zero-order valence-electron chi connectivity index (χ0n) is 7.47. The first-order chi connectivity index (χ1) is 6.72. The van der Waals surface area contributed by atoms with Gasteiger partial charge in [0.05, 0.1) is 0 Å². The van der Waals surface area contributed by atoms with Gasteiger partial charge in [0, 0.05) is 0 Å². The molecular formula is C10H7FN2Se. The summed E-state index contributed by atoms with van der Waals surface area (Å²) in [6.07, 6.45) is 0. The fourth-order valence-corrected chi connectivity index (χ4v) is 2.66. The minimum absolute atomic E-state index is 0.240. The summed E-state index contributed by atoms with van der Waals surface area (Å²) in [4.78, 5) is 5.28. The van der Waals surface area contributed by atoms with Gasteiger partial charge in [0.2, 0.25) is 0 Å². The Bertz CT molecular complexity index is 525. The SMILES string of the molecule is Cc1[nH]c2ccc(F)cc2c1[Se]C#N. The first kappa shape index (κ1) is 9.26. The molecule has 0 saturated heterocycles. The number of halogens is 1. The van der Waals surface area contributed by atoms with Gasteiger partial charge in [-0.15, -0.1) is 0 Å². The van der Waals surface area contributed by atoms with E-state index in [1.807, 2.05) is 6.92 Å². The molecule has 0 unspecified atom stereocenters. The van der Waals surface area contributed by atoms with Gasteiger partial charge in [-0.1, -0.05) is 0 Å². The Morgan fingerprint density at radius 2 is 2.29 bits per heavy atom. The van der Waals surface area contributed by atoms with Crippen molar-refractivity contribution >= 4 is 30.3 Å². The van der Waals surface area contributed by atoms with Crippen LogP contribution in [0.2, 0.25) is 0 Å². The zero-order valence-corrected chi connectivity index (χ0v) is 9.18.